The van der Waals surface area contributed by atoms with Gasteiger partial charge < -0.3 is 21.3 Å². The number of sulfonamides is 4. The summed E-state index contributed by atoms with van der Waals surface area (Å²) in [6, 6.07) is 39.9. The monoisotopic (exact) mass is 1750 g/mol. The standard InChI is InChI=1S/C24H27N5O2S.2C24H28N4O2S.C21H22F2N4O2S/c1-3-32(30,31)29-10-7-21(8-11-29)27-23-13-20(12-18-6-9-25-16-22(18)23)17-4-5-19-15-26-28(2)24(19)14-17;1-2-17-11-20(15-26-14-17)19-12-18-5-8-25-16-23(18)24(13-19)27-21-6-9-28(10-7-21)31(29,30)22-3-4-22;1-2-20-4-3-18(15-26-20)19-13-17-7-10-25-16-23(17)24(14-19)27-21-8-11-28(12-9-21)31(29,30)22-5-6-22;1-30(28,29)27-6-3-18(4-7-27)26-20-10-15(8-14-2-5-24-13-19(14)20)16-9-17(21(22)23)12-25-11-16/h4-6,9,12-16,21,27H,3,7-8,10-11H2,1-2H3;5,8,11-16,21-22,27H,2-4,6-7,9-10H2,1H3;3-4,7,10,13-16,21-22,27H,2,5-6,8-9,11-12H2,1H3;2,5,8-13,18,21,26H,3-4,6-7H2,1H3. The van der Waals surface area contributed by atoms with Gasteiger partial charge in [0, 0.05) is 242 Å². The van der Waals surface area contributed by atoms with Crippen LogP contribution in [0.2, 0.25) is 0 Å². The maximum absolute atomic E-state index is 13.1. The van der Waals surface area contributed by atoms with Gasteiger partial charge in [0.05, 0.1) is 34.2 Å². The Morgan fingerprint density at radius 2 is 0.766 bits per heavy atom. The molecule has 31 heteroatoms. The van der Waals surface area contributed by atoms with Crippen molar-refractivity contribution in [1.82, 2.24) is 61.9 Å². The highest BCUT2D eigenvalue weighted by atomic mass is 32.2. The Hall–Kier alpha value is -10.6. The van der Waals surface area contributed by atoms with Crippen molar-refractivity contribution in [1.29, 1.82) is 0 Å². The van der Waals surface area contributed by atoms with E-state index in [4.69, 9.17) is 0 Å². The zero-order valence-electron chi connectivity index (χ0n) is 70.3. The number of nitrogens with zero attached hydrogens (tertiary/aromatic N) is 13. The number of fused-ring (bicyclic) bond motifs is 5. The van der Waals surface area contributed by atoms with Gasteiger partial charge in [0.2, 0.25) is 40.1 Å². The van der Waals surface area contributed by atoms with Crippen molar-refractivity contribution < 1.29 is 42.5 Å². The number of aromatic nitrogens is 9. The molecule has 25 nitrogen and oxygen atoms in total. The molecule has 0 bridgehead atoms. The molecule has 12 heterocycles. The summed E-state index contributed by atoms with van der Waals surface area (Å²) in [5.41, 5.74) is 15.3. The van der Waals surface area contributed by atoms with Crippen LogP contribution in [0.4, 0.5) is 31.5 Å². The lowest BCUT2D eigenvalue weighted by atomic mass is 9.98. The van der Waals surface area contributed by atoms with E-state index in [1.54, 1.807) is 38.4 Å². The van der Waals surface area contributed by atoms with Gasteiger partial charge >= 0.3 is 0 Å². The number of benzene rings is 5. The second-order valence-electron chi connectivity index (χ2n) is 33.1. The molecule has 0 radical (unpaired) electrons. The van der Waals surface area contributed by atoms with Crippen molar-refractivity contribution >= 4 is 117 Å². The molecule has 4 N–H and O–H groups in total. The highest BCUT2D eigenvalue weighted by molar-refractivity contribution is 7.90. The Labute approximate surface area is 724 Å². The average molecular weight is 1760 g/mol. The number of anilines is 4. The van der Waals surface area contributed by atoms with Gasteiger partial charge in [0.1, 0.15) is 0 Å². The predicted octanol–water partition coefficient (Wildman–Crippen LogP) is 16.5. The fourth-order valence-corrected chi connectivity index (χ4v) is 22.7. The van der Waals surface area contributed by atoms with Crippen LogP contribution in [-0.4, -0.2) is 195 Å². The topological polar surface area (TPSA) is 306 Å². The van der Waals surface area contributed by atoms with Crippen LogP contribution in [0.1, 0.15) is 121 Å². The molecule has 6 fully saturated rings. The van der Waals surface area contributed by atoms with Gasteiger partial charge in [-0.05, 0) is 249 Å². The minimum Gasteiger partial charge on any atom is -0.382 e. The van der Waals surface area contributed by atoms with E-state index in [-0.39, 0.29) is 46.0 Å². The Balaban J connectivity index is 0.000000122. The molecule has 124 heavy (non-hydrogen) atoms. The lowest BCUT2D eigenvalue weighted by molar-refractivity contribution is 0.151. The van der Waals surface area contributed by atoms with E-state index >= 15 is 0 Å². The number of pyridine rings is 7. The van der Waals surface area contributed by atoms with Crippen LogP contribution in [0.25, 0.3) is 98.5 Å². The molecule has 8 aromatic heterocycles. The summed E-state index contributed by atoms with van der Waals surface area (Å²) in [6.07, 6.45) is 34.9. The number of aryl methyl sites for hydroxylation is 3. The maximum atomic E-state index is 13.1. The average Bonchev–Trinajstić information content (AvgIpc) is 1.28. The van der Waals surface area contributed by atoms with E-state index in [2.05, 4.69) is 148 Å². The highest BCUT2D eigenvalue weighted by Crippen LogP contribution is 2.41. The minimum absolute atomic E-state index is 0.104. The summed E-state index contributed by atoms with van der Waals surface area (Å²) in [5, 5.41) is 28.3. The van der Waals surface area contributed by atoms with Crippen molar-refractivity contribution in [2.75, 3.05) is 85.6 Å². The molecule has 19 rings (SSSR count). The number of alkyl halides is 2. The molecule has 2 saturated carbocycles. The first-order valence-corrected chi connectivity index (χ1v) is 49.3. The second-order valence-corrected chi connectivity index (χ2v) is 41.7. The first-order chi connectivity index (χ1) is 59.8. The van der Waals surface area contributed by atoms with E-state index in [0.717, 1.165) is 198 Å². The quantitative estimate of drug-likeness (QED) is 0.0490. The van der Waals surface area contributed by atoms with Gasteiger partial charge in [-0.3, -0.25) is 39.6 Å². The molecule has 13 aromatic rings. The number of halogens is 2. The molecule has 0 amide bonds. The van der Waals surface area contributed by atoms with Crippen molar-refractivity contribution in [3.63, 3.8) is 0 Å². The van der Waals surface area contributed by atoms with Gasteiger partial charge in [-0.25, -0.2) is 59.7 Å². The molecule has 4 aliphatic heterocycles. The third kappa shape index (κ3) is 20.3. The molecular weight excluding hydrogens is 1650 g/mol. The third-order valence-electron chi connectivity index (χ3n) is 24.6. The van der Waals surface area contributed by atoms with Crippen LogP contribution in [0.15, 0.2) is 202 Å². The molecule has 2 aliphatic carbocycles. The zero-order valence-corrected chi connectivity index (χ0v) is 73.6. The summed E-state index contributed by atoms with van der Waals surface area (Å²) >= 11 is 0. The first kappa shape index (κ1) is 86.9. The van der Waals surface area contributed by atoms with Crippen molar-refractivity contribution in [2.45, 2.75) is 152 Å². The summed E-state index contributed by atoms with van der Waals surface area (Å²) in [6.45, 7) is 10.4. The number of rotatable bonds is 22. The number of hydrogen-bond acceptors (Lipinski definition) is 20. The summed E-state index contributed by atoms with van der Waals surface area (Å²) in [4.78, 5) is 30.1. The van der Waals surface area contributed by atoms with Crippen LogP contribution in [0, 0.1) is 0 Å². The maximum Gasteiger partial charge on any atom is 0.265 e. The number of piperidine rings is 4. The largest absolute Gasteiger partial charge is 0.382 e. The molecule has 6 aliphatic rings. The summed E-state index contributed by atoms with van der Waals surface area (Å²) in [5.74, 6) is 0.157. The van der Waals surface area contributed by atoms with Crippen LogP contribution in [0.5, 0.6) is 0 Å². The molecule has 4 saturated heterocycles. The Bertz CT molecular complexity index is 6500. The second kappa shape index (κ2) is 37.7. The number of nitrogens with one attached hydrogen (secondary N) is 4. The van der Waals surface area contributed by atoms with Crippen LogP contribution < -0.4 is 21.3 Å². The van der Waals surface area contributed by atoms with E-state index in [0.29, 0.717) is 70.8 Å². The summed E-state index contributed by atoms with van der Waals surface area (Å²) < 4.78 is 133. The van der Waals surface area contributed by atoms with Crippen molar-refractivity contribution in [3.05, 3.63) is 219 Å². The van der Waals surface area contributed by atoms with Gasteiger partial charge in [0.25, 0.3) is 6.43 Å². The van der Waals surface area contributed by atoms with Crippen LogP contribution in [0.3, 0.4) is 0 Å². The smallest absolute Gasteiger partial charge is 0.265 e. The third-order valence-corrected chi connectivity index (χ3v) is 32.6. The van der Waals surface area contributed by atoms with Crippen molar-refractivity contribution in [2.24, 2.45) is 7.05 Å². The van der Waals surface area contributed by atoms with Crippen LogP contribution >= 0.6 is 0 Å². The fourth-order valence-electron chi connectivity index (χ4n) is 17.0. The SMILES string of the molecule is CCS(=O)(=O)N1CCC(Nc2cc(-c3ccc4cnn(C)c4c3)cc3ccncc23)CC1.CCc1ccc(-c2cc(NC3CCN(S(=O)(=O)C4CC4)CC3)c3cnccc3c2)cn1.CCc1cncc(-c2cc(NC3CCN(S(=O)(=O)C4CC4)CC3)c3cnccc3c2)c1.CS(=O)(=O)N1CCC(Nc2cc(-c3cncc(C(F)F)c3)cc3ccncc23)CC1. The molecular formula is C93H105F2N17O8S4. The fraction of sp³-hybridized carbons (Fsp3) is 0.376. The minimum atomic E-state index is -3.18. The normalized spacial score (nSPS) is 17.3. The van der Waals surface area contributed by atoms with Crippen LogP contribution in [-0.2, 0) is 60.0 Å². The van der Waals surface area contributed by atoms with E-state index < -0.39 is 46.5 Å². The van der Waals surface area contributed by atoms with Gasteiger partial charge in [-0.15, -0.1) is 0 Å². The molecule has 0 spiro atoms. The van der Waals surface area contributed by atoms with E-state index in [1.807, 2.05) is 110 Å². The first-order valence-electron chi connectivity index (χ1n) is 42.9. The predicted molar refractivity (Wildman–Crippen MR) is 491 cm³/mol. The molecule has 648 valence electrons. The highest BCUT2D eigenvalue weighted by Gasteiger charge is 2.43. The summed E-state index contributed by atoms with van der Waals surface area (Å²) in [7, 11) is -10.5. The Kier molecular flexibility index (Phi) is 26.4. The molecule has 0 atom stereocenters. The lowest BCUT2D eigenvalue weighted by Crippen LogP contribution is -2.43. The van der Waals surface area contributed by atoms with E-state index in [9.17, 15) is 42.5 Å². The number of hydrogen-bond donors (Lipinski definition) is 4. The Morgan fingerprint density at radius 1 is 0.371 bits per heavy atom. The van der Waals surface area contributed by atoms with Crippen molar-refractivity contribution in [3.8, 4) is 44.5 Å². The molecule has 5 aromatic carbocycles. The van der Waals surface area contributed by atoms with Gasteiger partial charge in [-0.2, -0.15) is 5.10 Å². The van der Waals surface area contributed by atoms with Gasteiger partial charge in [-0.1, -0.05) is 32.0 Å². The van der Waals surface area contributed by atoms with Gasteiger partial charge in [0.15, 0.2) is 0 Å². The Morgan fingerprint density at radius 3 is 1.15 bits per heavy atom. The van der Waals surface area contributed by atoms with E-state index in [1.165, 1.54) is 28.4 Å². The lowest BCUT2D eigenvalue weighted by Gasteiger charge is -2.32. The molecule has 0 unspecified atom stereocenters. The zero-order chi connectivity index (χ0) is 86.4.